The van der Waals surface area contributed by atoms with Crippen LogP contribution in [-0.4, -0.2) is 43.6 Å². The van der Waals surface area contributed by atoms with E-state index in [4.69, 9.17) is 15.6 Å². The molecule has 0 aromatic heterocycles. The van der Waals surface area contributed by atoms with Gasteiger partial charge in [-0.3, -0.25) is 0 Å². The zero-order chi connectivity index (χ0) is 10.2. The van der Waals surface area contributed by atoms with Crippen molar-refractivity contribution in [2.75, 3.05) is 26.4 Å². The molecule has 84 valence electrons. The summed E-state index contributed by atoms with van der Waals surface area (Å²) in [5, 5.41) is 11.9. The van der Waals surface area contributed by atoms with Crippen LogP contribution in [0.25, 0.3) is 0 Å². The van der Waals surface area contributed by atoms with E-state index in [1.165, 1.54) is 6.42 Å². The summed E-state index contributed by atoms with van der Waals surface area (Å²) in [5.74, 6) is 0. The zero-order valence-corrected chi connectivity index (χ0v) is 8.74. The van der Waals surface area contributed by atoms with Crippen LogP contribution in [0.2, 0.25) is 0 Å². The third-order valence-corrected chi connectivity index (χ3v) is 2.61. The fraction of sp³-hybridized carbons (Fsp3) is 1.00. The van der Waals surface area contributed by atoms with Gasteiger partial charge in [-0.05, 0) is 32.2 Å². The Balaban J connectivity index is 1.84. The minimum absolute atomic E-state index is 0.116. The van der Waals surface area contributed by atoms with Gasteiger partial charge in [0.05, 0.1) is 13.2 Å². The van der Waals surface area contributed by atoms with Crippen molar-refractivity contribution in [3.05, 3.63) is 0 Å². The van der Waals surface area contributed by atoms with Crippen LogP contribution in [0.4, 0.5) is 0 Å². The monoisotopic (exact) mass is 202 g/mol. The van der Waals surface area contributed by atoms with Crippen LogP contribution in [-0.2, 0) is 4.74 Å². The fourth-order valence-electron chi connectivity index (χ4n) is 1.85. The van der Waals surface area contributed by atoms with Gasteiger partial charge in [0.1, 0.15) is 0 Å². The van der Waals surface area contributed by atoms with Gasteiger partial charge in [0.15, 0.2) is 0 Å². The second-order valence-corrected chi connectivity index (χ2v) is 3.91. The topological polar surface area (TPSA) is 67.5 Å². The maximum Gasteiger partial charge on any atom is 0.0697 e. The van der Waals surface area contributed by atoms with E-state index in [1.807, 2.05) is 0 Å². The lowest BCUT2D eigenvalue weighted by Crippen LogP contribution is -2.29. The molecule has 0 aliphatic heterocycles. The average Bonchev–Trinajstić information content (AvgIpc) is 2.58. The van der Waals surface area contributed by atoms with E-state index in [0.29, 0.717) is 18.7 Å². The summed E-state index contributed by atoms with van der Waals surface area (Å²) < 4.78 is 5.15. The Morgan fingerprint density at radius 1 is 1.36 bits per heavy atom. The molecule has 0 radical (unpaired) electrons. The van der Waals surface area contributed by atoms with Gasteiger partial charge >= 0.3 is 0 Å². The lowest BCUT2D eigenvalue weighted by Gasteiger charge is -2.11. The van der Waals surface area contributed by atoms with Gasteiger partial charge in [-0.25, -0.2) is 0 Å². The normalized spacial score (nSPS) is 27.0. The molecule has 4 heteroatoms. The molecule has 0 heterocycles. The molecule has 0 spiro atoms. The van der Waals surface area contributed by atoms with Crippen LogP contribution in [0, 0.1) is 0 Å². The summed E-state index contributed by atoms with van der Waals surface area (Å²) in [6.07, 6.45) is 4.47. The minimum atomic E-state index is 0.116. The first-order valence-corrected chi connectivity index (χ1v) is 5.50. The van der Waals surface area contributed by atoms with E-state index < -0.39 is 0 Å². The number of ether oxygens (including phenoxy) is 1. The number of hydrogen-bond acceptors (Lipinski definition) is 4. The van der Waals surface area contributed by atoms with E-state index in [0.717, 1.165) is 32.4 Å². The smallest absolute Gasteiger partial charge is 0.0697 e. The predicted molar refractivity (Wildman–Crippen MR) is 56.1 cm³/mol. The molecule has 0 aromatic carbocycles. The molecule has 0 amide bonds. The van der Waals surface area contributed by atoms with Crippen molar-refractivity contribution in [2.24, 2.45) is 5.73 Å². The van der Waals surface area contributed by atoms with Gasteiger partial charge in [-0.1, -0.05) is 0 Å². The van der Waals surface area contributed by atoms with Crippen molar-refractivity contribution < 1.29 is 9.84 Å². The second-order valence-electron chi connectivity index (χ2n) is 3.91. The van der Waals surface area contributed by atoms with Crippen LogP contribution in [0.5, 0.6) is 0 Å². The van der Waals surface area contributed by atoms with Crippen molar-refractivity contribution in [3.63, 3.8) is 0 Å². The first-order chi connectivity index (χ1) is 6.83. The molecule has 2 atom stereocenters. The summed E-state index contributed by atoms with van der Waals surface area (Å²) in [6, 6.07) is 1.01. The number of aliphatic hydroxyl groups is 1. The number of rotatable bonds is 7. The minimum Gasteiger partial charge on any atom is -0.394 e. The molecular weight excluding hydrogens is 180 g/mol. The number of aliphatic hydroxyl groups excluding tert-OH is 1. The van der Waals surface area contributed by atoms with Crippen molar-refractivity contribution >= 4 is 0 Å². The van der Waals surface area contributed by atoms with E-state index in [2.05, 4.69) is 5.32 Å². The van der Waals surface area contributed by atoms with Gasteiger partial charge in [-0.15, -0.1) is 0 Å². The number of nitrogens with two attached hydrogens (primary N) is 1. The second kappa shape index (κ2) is 7.17. The van der Waals surface area contributed by atoms with Gasteiger partial charge < -0.3 is 20.9 Å². The van der Waals surface area contributed by atoms with Crippen molar-refractivity contribution in [3.8, 4) is 0 Å². The standard InChI is InChI=1S/C10H22N2O2/c11-9-2-3-10(8-9)12-4-1-6-14-7-5-13/h9-10,12-13H,1-8,11H2. The van der Waals surface area contributed by atoms with Gasteiger partial charge in [0, 0.05) is 18.7 Å². The maximum absolute atomic E-state index is 8.47. The molecule has 4 N–H and O–H groups in total. The third kappa shape index (κ3) is 4.91. The molecule has 1 aliphatic carbocycles. The van der Waals surface area contributed by atoms with Crippen LogP contribution in [0.15, 0.2) is 0 Å². The van der Waals surface area contributed by atoms with Crippen LogP contribution in [0.1, 0.15) is 25.7 Å². The highest BCUT2D eigenvalue weighted by atomic mass is 16.5. The highest BCUT2D eigenvalue weighted by Crippen LogP contribution is 2.16. The van der Waals surface area contributed by atoms with Gasteiger partial charge in [0.25, 0.3) is 0 Å². The molecule has 0 saturated heterocycles. The van der Waals surface area contributed by atoms with E-state index in [1.54, 1.807) is 0 Å². The number of hydrogen-bond donors (Lipinski definition) is 3. The van der Waals surface area contributed by atoms with Crippen molar-refractivity contribution in [1.29, 1.82) is 0 Å². The Morgan fingerprint density at radius 3 is 2.86 bits per heavy atom. The molecule has 1 aliphatic rings. The lowest BCUT2D eigenvalue weighted by molar-refractivity contribution is 0.0904. The molecule has 0 aromatic rings. The highest BCUT2D eigenvalue weighted by Gasteiger charge is 2.20. The molecular formula is C10H22N2O2. The summed E-state index contributed by atoms with van der Waals surface area (Å²) >= 11 is 0. The van der Waals surface area contributed by atoms with Gasteiger partial charge in [-0.2, -0.15) is 0 Å². The van der Waals surface area contributed by atoms with E-state index in [-0.39, 0.29) is 6.61 Å². The molecule has 14 heavy (non-hydrogen) atoms. The van der Waals surface area contributed by atoms with Crippen LogP contribution < -0.4 is 11.1 Å². The molecule has 2 unspecified atom stereocenters. The predicted octanol–water partition coefficient (Wildman–Crippen LogP) is -0.145. The Morgan fingerprint density at radius 2 is 2.21 bits per heavy atom. The van der Waals surface area contributed by atoms with E-state index >= 15 is 0 Å². The summed E-state index contributed by atoms with van der Waals surface area (Å²) in [4.78, 5) is 0. The van der Waals surface area contributed by atoms with Crippen molar-refractivity contribution in [1.82, 2.24) is 5.32 Å². The first-order valence-electron chi connectivity index (χ1n) is 5.50. The summed E-state index contributed by atoms with van der Waals surface area (Å²) in [6.45, 7) is 2.29. The fourth-order valence-corrected chi connectivity index (χ4v) is 1.85. The Bertz CT molecular complexity index is 144. The van der Waals surface area contributed by atoms with Crippen LogP contribution >= 0.6 is 0 Å². The summed E-state index contributed by atoms with van der Waals surface area (Å²) in [5.41, 5.74) is 5.80. The Hall–Kier alpha value is -0.160. The number of nitrogens with one attached hydrogen (secondary N) is 1. The molecule has 4 nitrogen and oxygen atoms in total. The van der Waals surface area contributed by atoms with Gasteiger partial charge in [0.2, 0.25) is 0 Å². The quantitative estimate of drug-likeness (QED) is 0.502. The first kappa shape index (κ1) is 11.9. The molecule has 1 rings (SSSR count). The Kier molecular flexibility index (Phi) is 6.10. The zero-order valence-electron chi connectivity index (χ0n) is 8.74. The SMILES string of the molecule is NC1CCC(NCCCOCCO)C1. The van der Waals surface area contributed by atoms with Crippen molar-refractivity contribution in [2.45, 2.75) is 37.8 Å². The molecule has 1 saturated carbocycles. The molecule has 0 bridgehead atoms. The third-order valence-electron chi connectivity index (χ3n) is 2.61. The molecule has 1 fully saturated rings. The van der Waals surface area contributed by atoms with E-state index in [9.17, 15) is 0 Å². The Labute approximate surface area is 85.8 Å². The average molecular weight is 202 g/mol. The highest BCUT2D eigenvalue weighted by molar-refractivity contribution is 4.82. The maximum atomic E-state index is 8.47. The lowest BCUT2D eigenvalue weighted by atomic mass is 10.2. The largest absolute Gasteiger partial charge is 0.394 e. The van der Waals surface area contributed by atoms with Crippen LogP contribution in [0.3, 0.4) is 0 Å². The summed E-state index contributed by atoms with van der Waals surface area (Å²) in [7, 11) is 0.